The molecule has 1 rings (SSSR count). The maximum Gasteiger partial charge on any atom is 0.411 e. The molecule has 0 aliphatic carbocycles. The van der Waals surface area contributed by atoms with Crippen LogP contribution in [0.4, 0.5) is 13.2 Å². The molecule has 0 bridgehead atoms. The van der Waals surface area contributed by atoms with Gasteiger partial charge in [-0.05, 0) is 29.0 Å². The second-order valence-electron chi connectivity index (χ2n) is 3.86. The fraction of sp³-hybridized carbons (Fsp3) is 0.636. The van der Waals surface area contributed by atoms with Crippen molar-refractivity contribution in [2.45, 2.75) is 32.4 Å². The summed E-state index contributed by atoms with van der Waals surface area (Å²) in [7, 11) is 0. The summed E-state index contributed by atoms with van der Waals surface area (Å²) < 4.78 is 41.0. The Bertz CT molecular complexity index is 429. The fourth-order valence-electron chi connectivity index (χ4n) is 1.38. The lowest BCUT2D eigenvalue weighted by Gasteiger charge is -2.09. The zero-order valence-electron chi connectivity index (χ0n) is 10.2. The Morgan fingerprint density at radius 2 is 1.95 bits per heavy atom. The topological polar surface area (TPSA) is 35.0 Å². The van der Waals surface area contributed by atoms with Crippen LogP contribution in [-0.2, 0) is 17.6 Å². The Balaban J connectivity index is 2.59. The number of aromatic nitrogens is 2. The molecular formula is C11H13ClF3IN2O. The van der Waals surface area contributed by atoms with E-state index in [0.29, 0.717) is 11.0 Å². The zero-order chi connectivity index (χ0) is 14.5. The molecule has 0 N–H and O–H groups in total. The first kappa shape index (κ1) is 16.9. The van der Waals surface area contributed by atoms with E-state index in [9.17, 15) is 13.2 Å². The van der Waals surface area contributed by atoms with Gasteiger partial charge in [-0.25, -0.2) is 9.97 Å². The van der Waals surface area contributed by atoms with Gasteiger partial charge in [0.25, 0.3) is 0 Å². The highest BCUT2D eigenvalue weighted by atomic mass is 127. The van der Waals surface area contributed by atoms with Gasteiger partial charge in [0.15, 0.2) is 0 Å². The molecule has 0 saturated carbocycles. The van der Waals surface area contributed by atoms with Gasteiger partial charge in [-0.15, -0.1) is 0 Å². The first-order chi connectivity index (χ1) is 8.83. The van der Waals surface area contributed by atoms with E-state index in [1.165, 1.54) is 0 Å². The van der Waals surface area contributed by atoms with E-state index in [-0.39, 0.29) is 13.0 Å². The predicted octanol–water partition coefficient (Wildman–Crippen LogP) is 3.81. The maximum absolute atomic E-state index is 11.9. The summed E-state index contributed by atoms with van der Waals surface area (Å²) in [4.78, 5) is 8.33. The van der Waals surface area contributed by atoms with Crippen LogP contribution in [0.25, 0.3) is 0 Å². The lowest BCUT2D eigenvalue weighted by molar-refractivity contribution is -0.173. The van der Waals surface area contributed by atoms with Gasteiger partial charge in [0.05, 0.1) is 15.9 Å². The third kappa shape index (κ3) is 6.22. The second-order valence-corrected chi connectivity index (χ2v) is 5.30. The Hall–Kier alpha value is -0.150. The molecule has 0 amide bonds. The van der Waals surface area contributed by atoms with Crippen LogP contribution in [0.5, 0.6) is 0 Å². The average Bonchev–Trinajstić information content (AvgIpc) is 2.30. The summed E-state index contributed by atoms with van der Waals surface area (Å²) in [5.41, 5.74) is 0.828. The van der Waals surface area contributed by atoms with Gasteiger partial charge in [-0.1, -0.05) is 24.9 Å². The lowest BCUT2D eigenvalue weighted by atomic mass is 10.2. The van der Waals surface area contributed by atoms with Crippen LogP contribution in [0.15, 0.2) is 0 Å². The van der Waals surface area contributed by atoms with Gasteiger partial charge < -0.3 is 4.74 Å². The van der Waals surface area contributed by atoms with Crippen molar-refractivity contribution < 1.29 is 17.9 Å². The summed E-state index contributed by atoms with van der Waals surface area (Å²) in [5, 5.41) is 0.338. The minimum atomic E-state index is -4.31. The van der Waals surface area contributed by atoms with Crippen molar-refractivity contribution in [3.63, 3.8) is 0 Å². The molecule has 0 saturated heterocycles. The molecule has 0 atom stereocenters. The molecule has 1 aromatic rings. The molecule has 8 heteroatoms. The lowest BCUT2D eigenvalue weighted by Crippen LogP contribution is -2.18. The second kappa shape index (κ2) is 7.58. The van der Waals surface area contributed by atoms with Crippen molar-refractivity contribution in [3.8, 4) is 0 Å². The maximum atomic E-state index is 11.9. The van der Waals surface area contributed by atoms with E-state index in [1.807, 2.05) is 6.92 Å². The van der Waals surface area contributed by atoms with Crippen molar-refractivity contribution in [2.24, 2.45) is 0 Å². The highest BCUT2D eigenvalue weighted by Crippen LogP contribution is 2.20. The summed E-state index contributed by atoms with van der Waals surface area (Å²) in [6, 6.07) is 0. The van der Waals surface area contributed by atoms with Crippen LogP contribution in [0.3, 0.4) is 0 Å². The molecule has 0 fully saturated rings. The number of aryl methyl sites for hydroxylation is 1. The third-order valence-electron chi connectivity index (χ3n) is 2.15. The van der Waals surface area contributed by atoms with Crippen LogP contribution in [0.1, 0.15) is 24.9 Å². The Kier molecular flexibility index (Phi) is 6.75. The molecular weight excluding hydrogens is 395 g/mol. The monoisotopic (exact) mass is 408 g/mol. The van der Waals surface area contributed by atoms with Crippen LogP contribution in [-0.4, -0.2) is 29.4 Å². The quantitative estimate of drug-likeness (QED) is 0.408. The highest BCUT2D eigenvalue weighted by molar-refractivity contribution is 14.1. The van der Waals surface area contributed by atoms with Gasteiger partial charge in [0.2, 0.25) is 0 Å². The van der Waals surface area contributed by atoms with Crippen molar-refractivity contribution >= 4 is 34.2 Å². The van der Waals surface area contributed by atoms with Gasteiger partial charge in [0.1, 0.15) is 17.6 Å². The molecule has 0 radical (unpaired) electrons. The first-order valence-corrected chi connectivity index (χ1v) is 7.14. The summed E-state index contributed by atoms with van der Waals surface area (Å²) in [6.45, 7) is 0.674. The summed E-state index contributed by atoms with van der Waals surface area (Å²) in [6.07, 6.45) is -2.42. The van der Waals surface area contributed by atoms with Crippen molar-refractivity contribution in [3.05, 3.63) is 20.2 Å². The van der Waals surface area contributed by atoms with Crippen LogP contribution in [0, 0.1) is 3.57 Å². The van der Waals surface area contributed by atoms with Crippen molar-refractivity contribution in [1.82, 2.24) is 9.97 Å². The molecule has 0 aromatic carbocycles. The largest absolute Gasteiger partial charge is 0.411 e. The molecule has 3 nitrogen and oxygen atoms in total. The van der Waals surface area contributed by atoms with Crippen molar-refractivity contribution in [2.75, 3.05) is 13.2 Å². The number of nitrogens with zero attached hydrogens (tertiary/aromatic N) is 2. The molecule has 0 aliphatic heterocycles. The van der Waals surface area contributed by atoms with E-state index in [1.54, 1.807) is 0 Å². The fourth-order valence-corrected chi connectivity index (χ4v) is 2.09. The average molecular weight is 409 g/mol. The van der Waals surface area contributed by atoms with Gasteiger partial charge in [-0.3, -0.25) is 0 Å². The number of hydrogen-bond acceptors (Lipinski definition) is 3. The molecule has 0 spiro atoms. The molecule has 0 unspecified atom stereocenters. The Labute approximate surface area is 128 Å². The van der Waals surface area contributed by atoms with Crippen LogP contribution in [0.2, 0.25) is 5.15 Å². The number of rotatable bonds is 6. The smallest absolute Gasteiger partial charge is 0.372 e. The summed E-state index contributed by atoms with van der Waals surface area (Å²) >= 11 is 8.02. The molecule has 19 heavy (non-hydrogen) atoms. The molecule has 108 valence electrons. The molecule has 1 heterocycles. The highest BCUT2D eigenvalue weighted by Gasteiger charge is 2.27. The van der Waals surface area contributed by atoms with Gasteiger partial charge >= 0.3 is 6.18 Å². The normalized spacial score (nSPS) is 11.9. The van der Waals surface area contributed by atoms with Crippen molar-refractivity contribution in [1.29, 1.82) is 0 Å². The molecule has 1 aromatic heterocycles. The minimum Gasteiger partial charge on any atom is -0.372 e. The Morgan fingerprint density at radius 3 is 2.53 bits per heavy atom. The van der Waals surface area contributed by atoms with E-state index in [4.69, 9.17) is 11.6 Å². The first-order valence-electron chi connectivity index (χ1n) is 5.68. The van der Waals surface area contributed by atoms with Crippen LogP contribution < -0.4 is 0 Å². The Morgan fingerprint density at radius 1 is 1.26 bits per heavy atom. The van der Waals surface area contributed by atoms with Gasteiger partial charge in [-0.2, -0.15) is 13.2 Å². The van der Waals surface area contributed by atoms with E-state index in [0.717, 1.165) is 22.1 Å². The SMILES string of the molecule is CCCc1nc(CCOCC(F)(F)F)nc(Cl)c1I. The standard InChI is InChI=1S/C11H13ClF3IN2O/c1-2-3-7-9(16)10(12)18-8(17-7)4-5-19-6-11(13,14)15/h2-6H2,1H3. The minimum absolute atomic E-state index is 0.0814. The molecule has 0 aliphatic rings. The number of halogens is 5. The number of ether oxygens (including phenoxy) is 1. The number of alkyl halides is 3. The zero-order valence-corrected chi connectivity index (χ0v) is 13.1. The predicted molar refractivity (Wildman–Crippen MR) is 74.3 cm³/mol. The summed E-state index contributed by atoms with van der Waals surface area (Å²) in [5.74, 6) is 0.413. The van der Waals surface area contributed by atoms with E-state index >= 15 is 0 Å². The van der Waals surface area contributed by atoms with Gasteiger partial charge in [0, 0.05) is 6.42 Å². The van der Waals surface area contributed by atoms with E-state index in [2.05, 4.69) is 37.3 Å². The third-order valence-corrected chi connectivity index (χ3v) is 3.87. The number of hydrogen-bond donors (Lipinski definition) is 0. The van der Waals surface area contributed by atoms with E-state index < -0.39 is 12.8 Å². The van der Waals surface area contributed by atoms with Crippen LogP contribution >= 0.6 is 34.2 Å².